The van der Waals surface area contributed by atoms with Crippen molar-refractivity contribution >= 4 is 22.9 Å². The van der Waals surface area contributed by atoms with Crippen molar-refractivity contribution in [3.63, 3.8) is 0 Å². The summed E-state index contributed by atoms with van der Waals surface area (Å²) in [5.74, 6) is 0. The number of nitrogens with one attached hydrogen (secondary N) is 1. The summed E-state index contributed by atoms with van der Waals surface area (Å²) >= 11 is 7.86. The van der Waals surface area contributed by atoms with Gasteiger partial charge in [0.15, 0.2) is 0 Å². The van der Waals surface area contributed by atoms with E-state index in [1.54, 1.807) is 11.3 Å². The Morgan fingerprint density at radius 1 is 1.30 bits per heavy atom. The molecule has 0 bridgehead atoms. The van der Waals surface area contributed by atoms with Crippen LogP contribution in [0.4, 0.5) is 0 Å². The van der Waals surface area contributed by atoms with Gasteiger partial charge >= 0.3 is 0 Å². The van der Waals surface area contributed by atoms with Crippen LogP contribution in [0.2, 0.25) is 4.34 Å². The molecule has 0 spiro atoms. The van der Waals surface area contributed by atoms with E-state index in [1.807, 2.05) is 6.07 Å². The van der Waals surface area contributed by atoms with Gasteiger partial charge in [0.05, 0.1) is 10.4 Å². The van der Waals surface area contributed by atoms with Crippen molar-refractivity contribution in [2.24, 2.45) is 0 Å². The van der Waals surface area contributed by atoms with Gasteiger partial charge in [-0.3, -0.25) is 4.90 Å². The summed E-state index contributed by atoms with van der Waals surface area (Å²) in [5, 5.41) is 3.75. The second-order valence-electron chi connectivity index (χ2n) is 6.23. The third-order valence-corrected chi connectivity index (χ3v) is 5.65. The molecule has 1 fully saturated rings. The van der Waals surface area contributed by atoms with Crippen LogP contribution in [0.25, 0.3) is 0 Å². The molecule has 1 aromatic rings. The van der Waals surface area contributed by atoms with Crippen LogP contribution in [0.15, 0.2) is 12.1 Å². The number of thiophene rings is 1. The summed E-state index contributed by atoms with van der Waals surface area (Å²) < 4.78 is 0.887. The Labute approximate surface area is 132 Å². The first-order valence-electron chi connectivity index (χ1n) is 7.79. The Hall–Kier alpha value is -0.0900. The molecule has 114 valence electrons. The molecule has 0 radical (unpaired) electrons. The molecule has 0 aliphatic carbocycles. The average molecular weight is 315 g/mol. The second-order valence-corrected chi connectivity index (χ2v) is 7.98. The van der Waals surface area contributed by atoms with Gasteiger partial charge in [-0.1, -0.05) is 24.9 Å². The maximum absolute atomic E-state index is 6.15. The van der Waals surface area contributed by atoms with Crippen LogP contribution in [-0.4, -0.2) is 30.1 Å². The predicted molar refractivity (Wildman–Crippen MR) is 89.9 cm³/mol. The summed E-state index contributed by atoms with van der Waals surface area (Å²) in [5.41, 5.74) is 0.129. The molecule has 0 amide bonds. The summed E-state index contributed by atoms with van der Waals surface area (Å²) in [6.45, 7) is 10.5. The highest BCUT2D eigenvalue weighted by molar-refractivity contribution is 7.16. The van der Waals surface area contributed by atoms with Crippen LogP contribution in [0.3, 0.4) is 0 Å². The van der Waals surface area contributed by atoms with E-state index < -0.39 is 0 Å². The van der Waals surface area contributed by atoms with E-state index in [2.05, 4.69) is 37.1 Å². The predicted octanol–water partition coefficient (Wildman–Crippen LogP) is 4.71. The summed E-state index contributed by atoms with van der Waals surface area (Å²) in [4.78, 5) is 4.01. The minimum atomic E-state index is 0.129. The molecule has 4 heteroatoms. The van der Waals surface area contributed by atoms with Gasteiger partial charge in [-0.2, -0.15) is 0 Å². The monoisotopic (exact) mass is 314 g/mol. The van der Waals surface area contributed by atoms with Gasteiger partial charge in [0.1, 0.15) is 0 Å². The summed E-state index contributed by atoms with van der Waals surface area (Å²) in [6.07, 6.45) is 5.19. The molecule has 2 rings (SSSR count). The maximum Gasteiger partial charge on any atom is 0.0931 e. The van der Waals surface area contributed by atoms with Gasteiger partial charge in [0.25, 0.3) is 0 Å². The van der Waals surface area contributed by atoms with Crippen molar-refractivity contribution in [3.05, 3.63) is 21.3 Å². The molecular formula is C16H27ClN2S. The van der Waals surface area contributed by atoms with Crippen molar-refractivity contribution < 1.29 is 0 Å². The highest BCUT2D eigenvalue weighted by Crippen LogP contribution is 2.37. The van der Waals surface area contributed by atoms with Gasteiger partial charge < -0.3 is 5.32 Å². The zero-order valence-electron chi connectivity index (χ0n) is 12.9. The van der Waals surface area contributed by atoms with Gasteiger partial charge in [0.2, 0.25) is 0 Å². The van der Waals surface area contributed by atoms with E-state index >= 15 is 0 Å². The smallest absolute Gasteiger partial charge is 0.0931 e. The van der Waals surface area contributed by atoms with Crippen LogP contribution < -0.4 is 5.32 Å². The largest absolute Gasteiger partial charge is 0.308 e. The molecule has 0 aromatic carbocycles. The highest BCUT2D eigenvalue weighted by Gasteiger charge is 2.37. The molecule has 0 saturated carbocycles. The Morgan fingerprint density at radius 2 is 2.00 bits per heavy atom. The zero-order valence-corrected chi connectivity index (χ0v) is 14.5. The Bertz CT molecular complexity index is 410. The molecule has 20 heavy (non-hydrogen) atoms. The van der Waals surface area contributed by atoms with Crippen LogP contribution >= 0.6 is 22.9 Å². The summed E-state index contributed by atoms with van der Waals surface area (Å²) in [7, 11) is 0. The minimum absolute atomic E-state index is 0.129. The molecular weight excluding hydrogens is 288 g/mol. The van der Waals surface area contributed by atoms with E-state index in [0.29, 0.717) is 6.04 Å². The SMILES string of the molecule is CCCNC(c1ccc(Cl)s1)C(C)(C)N1CCCCC1. The molecule has 2 heterocycles. The lowest BCUT2D eigenvalue weighted by molar-refractivity contribution is 0.0619. The van der Waals surface area contributed by atoms with E-state index in [4.69, 9.17) is 11.6 Å². The molecule has 1 saturated heterocycles. The van der Waals surface area contributed by atoms with Crippen LogP contribution in [-0.2, 0) is 0 Å². The van der Waals surface area contributed by atoms with Crippen molar-refractivity contribution in [1.29, 1.82) is 0 Å². The Morgan fingerprint density at radius 3 is 2.55 bits per heavy atom. The van der Waals surface area contributed by atoms with E-state index in [-0.39, 0.29) is 5.54 Å². The van der Waals surface area contributed by atoms with E-state index in [9.17, 15) is 0 Å². The molecule has 1 aromatic heterocycles. The van der Waals surface area contributed by atoms with Crippen molar-refractivity contribution in [3.8, 4) is 0 Å². The molecule has 1 aliphatic rings. The third-order valence-electron chi connectivity index (χ3n) is 4.35. The van der Waals surface area contributed by atoms with Crippen molar-refractivity contribution in [2.75, 3.05) is 19.6 Å². The van der Waals surface area contributed by atoms with Gasteiger partial charge in [0, 0.05) is 10.4 Å². The lowest BCUT2D eigenvalue weighted by atomic mass is 9.89. The van der Waals surface area contributed by atoms with Crippen LogP contribution in [0.5, 0.6) is 0 Å². The number of nitrogens with zero attached hydrogens (tertiary/aromatic N) is 1. The third kappa shape index (κ3) is 3.76. The standard InChI is InChI=1S/C16H27ClN2S/c1-4-10-18-15(13-8-9-14(17)20-13)16(2,3)19-11-6-5-7-12-19/h8-9,15,18H,4-7,10-12H2,1-3H3. The molecule has 1 aliphatic heterocycles. The van der Waals surface area contributed by atoms with Gasteiger partial charge in [-0.05, 0) is 64.9 Å². The van der Waals surface area contributed by atoms with Crippen LogP contribution in [0.1, 0.15) is 57.4 Å². The zero-order chi connectivity index (χ0) is 14.6. The fourth-order valence-corrected chi connectivity index (χ4v) is 4.44. The van der Waals surface area contributed by atoms with Gasteiger partial charge in [-0.25, -0.2) is 0 Å². The fourth-order valence-electron chi connectivity index (χ4n) is 3.12. The normalized spacial score (nSPS) is 19.2. The first-order chi connectivity index (χ1) is 9.55. The van der Waals surface area contributed by atoms with Crippen molar-refractivity contribution in [2.45, 2.75) is 58.0 Å². The van der Waals surface area contributed by atoms with Gasteiger partial charge in [-0.15, -0.1) is 11.3 Å². The Balaban J connectivity index is 2.19. The van der Waals surface area contributed by atoms with E-state index in [0.717, 1.165) is 17.3 Å². The maximum atomic E-state index is 6.15. The number of hydrogen-bond acceptors (Lipinski definition) is 3. The summed E-state index contributed by atoms with van der Waals surface area (Å²) in [6, 6.07) is 4.57. The molecule has 1 unspecified atom stereocenters. The van der Waals surface area contributed by atoms with Crippen LogP contribution in [0, 0.1) is 0 Å². The fraction of sp³-hybridized carbons (Fsp3) is 0.750. The number of piperidine rings is 1. The number of hydrogen-bond donors (Lipinski definition) is 1. The average Bonchev–Trinajstić information content (AvgIpc) is 2.86. The molecule has 1 atom stereocenters. The first kappa shape index (κ1) is 16.3. The highest BCUT2D eigenvalue weighted by atomic mass is 35.5. The number of likely N-dealkylation sites (tertiary alicyclic amines) is 1. The first-order valence-corrected chi connectivity index (χ1v) is 8.99. The molecule has 2 nitrogen and oxygen atoms in total. The lowest BCUT2D eigenvalue weighted by Crippen LogP contribution is -2.54. The topological polar surface area (TPSA) is 15.3 Å². The van der Waals surface area contributed by atoms with Crippen molar-refractivity contribution in [1.82, 2.24) is 10.2 Å². The quantitative estimate of drug-likeness (QED) is 0.818. The second kappa shape index (κ2) is 7.26. The number of rotatable bonds is 6. The number of halogens is 1. The molecule has 1 N–H and O–H groups in total. The van der Waals surface area contributed by atoms with E-state index in [1.165, 1.54) is 37.2 Å². The Kier molecular flexibility index (Phi) is 5.91. The lowest BCUT2D eigenvalue weighted by Gasteiger charge is -2.46. The minimum Gasteiger partial charge on any atom is -0.308 e.